The molecule has 39 heavy (non-hydrogen) atoms. The van der Waals surface area contributed by atoms with Crippen molar-refractivity contribution in [2.75, 3.05) is 7.11 Å². The number of amides is 2. The van der Waals surface area contributed by atoms with Gasteiger partial charge in [-0.3, -0.25) is 24.6 Å². The van der Waals surface area contributed by atoms with E-state index in [1.54, 1.807) is 36.4 Å². The summed E-state index contributed by atoms with van der Waals surface area (Å²) < 4.78 is 11.1. The van der Waals surface area contributed by atoms with Crippen LogP contribution in [0, 0.1) is 10.1 Å². The summed E-state index contributed by atoms with van der Waals surface area (Å²) in [5.41, 5.74) is 1.03. The number of para-hydroxylation sites is 1. The number of nitro benzene ring substituents is 1. The van der Waals surface area contributed by atoms with Gasteiger partial charge in [-0.2, -0.15) is 0 Å². The first-order chi connectivity index (χ1) is 18.9. The lowest BCUT2D eigenvalue weighted by atomic mass is 10.0. The van der Waals surface area contributed by atoms with Crippen molar-refractivity contribution in [3.05, 3.63) is 117 Å². The van der Waals surface area contributed by atoms with Gasteiger partial charge in [0.2, 0.25) is 0 Å². The van der Waals surface area contributed by atoms with Crippen molar-refractivity contribution < 1.29 is 28.8 Å². The summed E-state index contributed by atoms with van der Waals surface area (Å²) >= 11 is 0.739. The van der Waals surface area contributed by atoms with Gasteiger partial charge in [-0.05, 0) is 52.4 Å². The van der Waals surface area contributed by atoms with E-state index in [2.05, 4.69) is 0 Å². The second kappa shape index (κ2) is 10.8. The number of rotatable bonds is 7. The Kier molecular flexibility index (Phi) is 7.11. The lowest BCUT2D eigenvalue weighted by Crippen LogP contribution is -2.27. The first-order valence-electron chi connectivity index (χ1n) is 11.7. The Hall–Kier alpha value is -4.96. The number of hydrogen-bond donors (Lipinski definition) is 0. The Morgan fingerprint density at radius 2 is 1.72 bits per heavy atom. The molecule has 10 heteroatoms. The van der Waals surface area contributed by atoms with Crippen LogP contribution in [0.2, 0.25) is 0 Å². The van der Waals surface area contributed by atoms with Gasteiger partial charge < -0.3 is 9.47 Å². The van der Waals surface area contributed by atoms with Crippen LogP contribution >= 0.6 is 11.8 Å². The second-order valence-corrected chi connectivity index (χ2v) is 9.47. The van der Waals surface area contributed by atoms with Gasteiger partial charge in [0.15, 0.2) is 11.5 Å². The van der Waals surface area contributed by atoms with E-state index in [1.165, 1.54) is 31.4 Å². The SMILES string of the molecule is COc1cc(/C=C2\SC(=O)N(Cc3ccccc3[N+](=O)[O-])C2=O)ccc1OC(=O)c1cccc2ccccc12. The van der Waals surface area contributed by atoms with Gasteiger partial charge in [-0.1, -0.05) is 60.7 Å². The molecule has 1 saturated heterocycles. The van der Waals surface area contributed by atoms with Crippen molar-refractivity contribution in [2.45, 2.75) is 6.54 Å². The summed E-state index contributed by atoms with van der Waals surface area (Å²) in [5.74, 6) is -0.656. The first kappa shape index (κ1) is 25.7. The summed E-state index contributed by atoms with van der Waals surface area (Å²) in [4.78, 5) is 50.4. The van der Waals surface area contributed by atoms with Gasteiger partial charge in [0.25, 0.3) is 16.8 Å². The Bertz CT molecular complexity index is 1680. The Labute approximate surface area is 226 Å². The zero-order valence-corrected chi connectivity index (χ0v) is 21.3. The topological polar surface area (TPSA) is 116 Å². The molecule has 4 aromatic carbocycles. The van der Waals surface area contributed by atoms with E-state index >= 15 is 0 Å². The average molecular weight is 541 g/mol. The van der Waals surface area contributed by atoms with Crippen molar-refractivity contribution in [1.82, 2.24) is 4.90 Å². The normalized spacial score (nSPS) is 14.2. The molecule has 0 saturated carbocycles. The number of imide groups is 1. The standard InChI is InChI=1S/C29H20N2O7S/c1-37-25-15-18(13-14-24(25)38-28(33)22-11-6-9-19-7-2-4-10-21(19)22)16-26-27(32)30(29(34)39-26)17-20-8-3-5-12-23(20)31(35)36/h2-16H,17H2,1H3/b26-16-. The van der Waals surface area contributed by atoms with Gasteiger partial charge in [-0.25, -0.2) is 4.79 Å². The fourth-order valence-corrected chi connectivity index (χ4v) is 5.04. The number of ether oxygens (including phenoxy) is 2. The van der Waals surface area contributed by atoms with Gasteiger partial charge >= 0.3 is 5.97 Å². The van der Waals surface area contributed by atoms with Crippen LogP contribution in [-0.2, 0) is 11.3 Å². The molecule has 9 nitrogen and oxygen atoms in total. The van der Waals surface area contributed by atoms with Crippen molar-refractivity contribution >= 4 is 51.4 Å². The number of fused-ring (bicyclic) bond motifs is 1. The molecule has 0 atom stereocenters. The number of nitro groups is 1. The van der Waals surface area contributed by atoms with E-state index < -0.39 is 22.0 Å². The van der Waals surface area contributed by atoms with Crippen LogP contribution in [0.25, 0.3) is 16.8 Å². The minimum absolute atomic E-state index is 0.154. The van der Waals surface area contributed by atoms with E-state index in [9.17, 15) is 24.5 Å². The van der Waals surface area contributed by atoms with Gasteiger partial charge in [-0.15, -0.1) is 0 Å². The predicted octanol–water partition coefficient (Wildman–Crippen LogP) is 6.21. The minimum atomic E-state index is -0.562. The maximum atomic E-state index is 13.0. The van der Waals surface area contributed by atoms with Crippen molar-refractivity contribution in [3.8, 4) is 11.5 Å². The Morgan fingerprint density at radius 3 is 2.51 bits per heavy atom. The lowest BCUT2D eigenvalue weighted by Gasteiger charge is -2.12. The molecule has 194 valence electrons. The van der Waals surface area contributed by atoms with Gasteiger partial charge in [0.1, 0.15) is 0 Å². The summed E-state index contributed by atoms with van der Waals surface area (Å²) in [6.07, 6.45) is 1.52. The molecule has 0 aromatic heterocycles. The van der Waals surface area contributed by atoms with Crippen molar-refractivity contribution in [1.29, 1.82) is 0 Å². The maximum Gasteiger partial charge on any atom is 0.344 e. The molecular weight excluding hydrogens is 520 g/mol. The molecule has 1 aliphatic rings. The van der Waals surface area contributed by atoms with Crippen molar-refractivity contribution in [2.24, 2.45) is 0 Å². The molecule has 1 fully saturated rings. The summed E-state index contributed by atoms with van der Waals surface area (Å²) in [7, 11) is 1.43. The molecule has 0 bridgehead atoms. The Morgan fingerprint density at radius 1 is 0.974 bits per heavy atom. The lowest BCUT2D eigenvalue weighted by molar-refractivity contribution is -0.385. The molecule has 0 spiro atoms. The molecule has 0 aliphatic carbocycles. The molecule has 4 aromatic rings. The van der Waals surface area contributed by atoms with E-state index in [0.29, 0.717) is 11.1 Å². The van der Waals surface area contributed by atoms with E-state index in [0.717, 1.165) is 27.4 Å². The fourth-order valence-electron chi connectivity index (χ4n) is 4.20. The molecule has 1 aliphatic heterocycles. The van der Waals surface area contributed by atoms with Gasteiger partial charge in [0.05, 0.1) is 29.0 Å². The van der Waals surface area contributed by atoms with E-state index in [4.69, 9.17) is 9.47 Å². The predicted molar refractivity (Wildman–Crippen MR) is 147 cm³/mol. The number of nitrogens with zero attached hydrogens (tertiary/aromatic N) is 2. The van der Waals surface area contributed by atoms with Crippen LogP contribution in [0.5, 0.6) is 11.5 Å². The number of methoxy groups -OCH3 is 1. The third-order valence-electron chi connectivity index (χ3n) is 6.09. The highest BCUT2D eigenvalue weighted by Gasteiger charge is 2.36. The third kappa shape index (κ3) is 5.23. The molecule has 1 heterocycles. The highest BCUT2D eigenvalue weighted by atomic mass is 32.2. The third-order valence-corrected chi connectivity index (χ3v) is 7.00. The number of hydrogen-bond acceptors (Lipinski definition) is 8. The second-order valence-electron chi connectivity index (χ2n) is 8.48. The highest BCUT2D eigenvalue weighted by molar-refractivity contribution is 8.18. The average Bonchev–Trinajstić information content (AvgIpc) is 3.20. The minimum Gasteiger partial charge on any atom is -0.493 e. The summed E-state index contributed by atoms with van der Waals surface area (Å²) in [6.45, 7) is -0.217. The largest absolute Gasteiger partial charge is 0.493 e. The smallest absolute Gasteiger partial charge is 0.344 e. The van der Waals surface area contributed by atoms with Gasteiger partial charge in [0, 0.05) is 11.6 Å². The zero-order valence-electron chi connectivity index (χ0n) is 20.5. The van der Waals surface area contributed by atoms with Crippen LogP contribution in [0.1, 0.15) is 21.5 Å². The van der Waals surface area contributed by atoms with Crippen LogP contribution in [0.4, 0.5) is 10.5 Å². The number of thioether (sulfide) groups is 1. The molecule has 0 unspecified atom stereocenters. The number of benzene rings is 4. The van der Waals surface area contributed by atoms with Crippen LogP contribution in [0.15, 0.2) is 89.8 Å². The van der Waals surface area contributed by atoms with Crippen LogP contribution in [-0.4, -0.2) is 34.0 Å². The highest BCUT2D eigenvalue weighted by Crippen LogP contribution is 2.36. The molecule has 2 amide bonds. The van der Waals surface area contributed by atoms with E-state index in [1.807, 2.05) is 30.3 Å². The first-order valence-corrected chi connectivity index (χ1v) is 12.5. The summed E-state index contributed by atoms with van der Waals surface area (Å²) in [6, 6.07) is 23.6. The monoisotopic (exact) mass is 540 g/mol. The van der Waals surface area contributed by atoms with Crippen LogP contribution < -0.4 is 9.47 Å². The molecule has 5 rings (SSSR count). The molecule has 0 radical (unpaired) electrons. The summed E-state index contributed by atoms with van der Waals surface area (Å²) in [5, 5.41) is 12.5. The maximum absolute atomic E-state index is 13.0. The number of carbonyl (C=O) groups is 3. The number of carbonyl (C=O) groups excluding carboxylic acids is 3. The quantitative estimate of drug-likeness (QED) is 0.0893. The van der Waals surface area contributed by atoms with E-state index in [-0.39, 0.29) is 34.2 Å². The zero-order chi connectivity index (χ0) is 27.5. The molecular formula is C29H20N2O7S. The Balaban J connectivity index is 1.36. The van der Waals surface area contributed by atoms with Crippen molar-refractivity contribution in [3.63, 3.8) is 0 Å². The fraction of sp³-hybridized carbons (Fsp3) is 0.0690. The molecule has 0 N–H and O–H groups in total. The van der Waals surface area contributed by atoms with Crippen LogP contribution in [0.3, 0.4) is 0 Å². The number of esters is 1.